The molecule has 3 heteroatoms. The summed E-state index contributed by atoms with van der Waals surface area (Å²) in [6.07, 6.45) is 4.49. The van der Waals surface area contributed by atoms with Gasteiger partial charge in [-0.15, -0.1) is 0 Å². The highest BCUT2D eigenvalue weighted by Gasteiger charge is 1.87. The van der Waals surface area contributed by atoms with E-state index in [1.807, 2.05) is 0 Å². The van der Waals surface area contributed by atoms with Gasteiger partial charge in [0, 0.05) is 17.8 Å². The number of hydrogen-bond acceptors (Lipinski definition) is 2. The van der Waals surface area contributed by atoms with Gasteiger partial charge in [0.05, 0.1) is 0 Å². The minimum atomic E-state index is 0.678. The van der Waals surface area contributed by atoms with E-state index < -0.39 is 0 Å². The first-order chi connectivity index (χ1) is 4.41. The standard InChI is InChI=1S/C6H14NOS/c7-5-3-1-2-4-6-9-8/h1-7H2. The quantitative estimate of drug-likeness (QED) is 0.459. The molecule has 2 N–H and O–H groups in total. The van der Waals surface area contributed by atoms with Crippen molar-refractivity contribution in [2.75, 3.05) is 12.3 Å². The Kier molecular flexibility index (Phi) is 8.52. The van der Waals surface area contributed by atoms with Crippen LogP contribution in [0.3, 0.4) is 0 Å². The van der Waals surface area contributed by atoms with Crippen LogP contribution >= 0.6 is 12.0 Å². The summed E-state index contributed by atoms with van der Waals surface area (Å²) in [7, 11) is 0. The molecule has 0 saturated carbocycles. The first-order valence-corrected chi connectivity index (χ1v) is 4.27. The first-order valence-electron chi connectivity index (χ1n) is 3.36. The van der Waals surface area contributed by atoms with Gasteiger partial charge in [-0.1, -0.05) is 12.8 Å². The molecule has 0 unspecified atom stereocenters. The van der Waals surface area contributed by atoms with Gasteiger partial charge in [0.15, 0.2) is 0 Å². The van der Waals surface area contributed by atoms with E-state index in [0.29, 0.717) is 12.0 Å². The van der Waals surface area contributed by atoms with E-state index in [4.69, 9.17) is 5.73 Å². The van der Waals surface area contributed by atoms with Gasteiger partial charge in [0.25, 0.3) is 0 Å². The highest BCUT2D eigenvalue weighted by Crippen LogP contribution is 2.03. The fourth-order valence-corrected chi connectivity index (χ4v) is 0.981. The van der Waals surface area contributed by atoms with Crippen LogP contribution in [-0.2, 0) is 4.55 Å². The molecule has 0 saturated heterocycles. The third-order valence-electron chi connectivity index (χ3n) is 1.18. The van der Waals surface area contributed by atoms with Gasteiger partial charge in [0.2, 0.25) is 0 Å². The van der Waals surface area contributed by atoms with Crippen molar-refractivity contribution in [3.05, 3.63) is 0 Å². The second-order valence-corrected chi connectivity index (χ2v) is 2.67. The van der Waals surface area contributed by atoms with Crippen LogP contribution in [0.15, 0.2) is 0 Å². The van der Waals surface area contributed by atoms with Gasteiger partial charge in [0.1, 0.15) is 0 Å². The third-order valence-corrected chi connectivity index (χ3v) is 1.64. The van der Waals surface area contributed by atoms with Crippen LogP contribution in [-0.4, -0.2) is 12.3 Å². The van der Waals surface area contributed by atoms with E-state index in [2.05, 4.69) is 0 Å². The maximum atomic E-state index is 9.85. The molecule has 0 aromatic rings. The Bertz CT molecular complexity index is 46.3. The van der Waals surface area contributed by atoms with Gasteiger partial charge < -0.3 is 5.73 Å². The van der Waals surface area contributed by atoms with Crippen molar-refractivity contribution < 1.29 is 4.55 Å². The molecule has 0 bridgehead atoms. The summed E-state index contributed by atoms with van der Waals surface area (Å²) in [5, 5.41) is 0. The van der Waals surface area contributed by atoms with E-state index in [-0.39, 0.29) is 0 Å². The summed E-state index contributed by atoms with van der Waals surface area (Å²) in [6, 6.07) is 0. The lowest BCUT2D eigenvalue weighted by Gasteiger charge is -1.94. The van der Waals surface area contributed by atoms with Gasteiger partial charge in [-0.2, -0.15) is 4.55 Å². The highest BCUT2D eigenvalue weighted by atomic mass is 32.2. The molecule has 0 aliphatic rings. The second kappa shape index (κ2) is 8.27. The number of hydrogen-bond donors (Lipinski definition) is 1. The predicted octanol–water partition coefficient (Wildman–Crippen LogP) is 1.58. The molecule has 0 heterocycles. The van der Waals surface area contributed by atoms with Gasteiger partial charge in [-0.05, 0) is 19.4 Å². The van der Waals surface area contributed by atoms with Gasteiger partial charge >= 0.3 is 0 Å². The lowest BCUT2D eigenvalue weighted by molar-refractivity contribution is 0.528. The van der Waals surface area contributed by atoms with E-state index in [1.54, 1.807) is 0 Å². The Balaban J connectivity index is 2.60. The average molecular weight is 148 g/mol. The fourth-order valence-electron chi connectivity index (χ4n) is 0.659. The Morgan fingerprint density at radius 3 is 2.33 bits per heavy atom. The zero-order chi connectivity index (χ0) is 6.95. The molecule has 55 valence electrons. The molecule has 0 spiro atoms. The van der Waals surface area contributed by atoms with E-state index in [0.717, 1.165) is 31.6 Å². The molecule has 0 aromatic carbocycles. The van der Waals surface area contributed by atoms with Crippen LogP contribution in [0.5, 0.6) is 0 Å². The van der Waals surface area contributed by atoms with Crippen molar-refractivity contribution in [2.24, 2.45) is 5.73 Å². The van der Waals surface area contributed by atoms with Crippen LogP contribution in [0.2, 0.25) is 0 Å². The number of unbranched alkanes of at least 4 members (excludes halogenated alkanes) is 3. The van der Waals surface area contributed by atoms with Crippen molar-refractivity contribution in [1.82, 2.24) is 0 Å². The Hall–Kier alpha value is 0.270. The molecule has 9 heavy (non-hydrogen) atoms. The largest absolute Gasteiger partial charge is 0.330 e. The minimum absolute atomic E-state index is 0.678. The maximum Gasteiger partial charge on any atom is 0.0326 e. The van der Waals surface area contributed by atoms with Crippen LogP contribution in [0.4, 0.5) is 0 Å². The normalized spacial score (nSPS) is 10.0. The Morgan fingerprint density at radius 1 is 1.11 bits per heavy atom. The van der Waals surface area contributed by atoms with Gasteiger partial charge in [-0.3, -0.25) is 0 Å². The van der Waals surface area contributed by atoms with Crippen LogP contribution in [0.1, 0.15) is 25.7 Å². The third kappa shape index (κ3) is 8.27. The highest BCUT2D eigenvalue weighted by molar-refractivity contribution is 7.93. The second-order valence-electron chi connectivity index (χ2n) is 2.02. The summed E-state index contributed by atoms with van der Waals surface area (Å²) in [4.78, 5) is 0. The van der Waals surface area contributed by atoms with Crippen molar-refractivity contribution in [3.8, 4) is 0 Å². The molecule has 2 nitrogen and oxygen atoms in total. The predicted molar refractivity (Wildman–Crippen MR) is 40.7 cm³/mol. The molecule has 0 atom stereocenters. The smallest absolute Gasteiger partial charge is 0.0326 e. The summed E-state index contributed by atoms with van der Waals surface area (Å²) in [5.74, 6) is 0.755. The van der Waals surface area contributed by atoms with Crippen molar-refractivity contribution in [2.45, 2.75) is 25.7 Å². The SMILES string of the molecule is NCCCCCCS[O]. The van der Waals surface area contributed by atoms with E-state index in [1.165, 1.54) is 6.42 Å². The van der Waals surface area contributed by atoms with E-state index in [9.17, 15) is 4.55 Å². The Labute approximate surface area is 61.0 Å². The minimum Gasteiger partial charge on any atom is -0.330 e. The molecule has 0 aliphatic carbocycles. The Morgan fingerprint density at radius 2 is 1.78 bits per heavy atom. The first kappa shape index (κ1) is 9.27. The monoisotopic (exact) mass is 148 g/mol. The molecule has 0 fully saturated rings. The van der Waals surface area contributed by atoms with Crippen molar-refractivity contribution in [3.63, 3.8) is 0 Å². The molecule has 0 rings (SSSR count). The fraction of sp³-hybridized carbons (Fsp3) is 1.00. The molecule has 1 radical (unpaired) electrons. The molecular formula is C6H14NOS. The lowest BCUT2D eigenvalue weighted by Crippen LogP contribution is -1.97. The molecule has 0 aromatic heterocycles. The molecular weight excluding hydrogens is 134 g/mol. The van der Waals surface area contributed by atoms with Crippen molar-refractivity contribution in [1.29, 1.82) is 0 Å². The topological polar surface area (TPSA) is 45.9 Å². The van der Waals surface area contributed by atoms with Gasteiger partial charge in [-0.25, -0.2) is 0 Å². The lowest BCUT2D eigenvalue weighted by atomic mass is 10.2. The number of rotatable bonds is 6. The summed E-state index contributed by atoms with van der Waals surface area (Å²) >= 11 is 0.678. The number of nitrogens with two attached hydrogens (primary N) is 1. The van der Waals surface area contributed by atoms with E-state index >= 15 is 0 Å². The summed E-state index contributed by atoms with van der Waals surface area (Å²) < 4.78 is 9.85. The molecule has 0 amide bonds. The summed E-state index contributed by atoms with van der Waals surface area (Å²) in [5.41, 5.74) is 5.28. The van der Waals surface area contributed by atoms with Crippen LogP contribution in [0.25, 0.3) is 0 Å². The molecule has 0 aliphatic heterocycles. The zero-order valence-corrected chi connectivity index (χ0v) is 6.45. The van der Waals surface area contributed by atoms with Crippen molar-refractivity contribution >= 4 is 12.0 Å². The van der Waals surface area contributed by atoms with Crippen LogP contribution < -0.4 is 5.73 Å². The van der Waals surface area contributed by atoms with Crippen LogP contribution in [0, 0.1) is 0 Å². The zero-order valence-electron chi connectivity index (χ0n) is 5.64. The summed E-state index contributed by atoms with van der Waals surface area (Å²) in [6.45, 7) is 0.782. The average Bonchev–Trinajstić information content (AvgIpc) is 1.89. The maximum absolute atomic E-state index is 9.85.